The zero-order valence-electron chi connectivity index (χ0n) is 22.9. The predicted octanol–water partition coefficient (Wildman–Crippen LogP) is 7.76. The summed E-state index contributed by atoms with van der Waals surface area (Å²) in [7, 11) is 7.59. The largest absolute Gasteiger partial charge is 0.497 e. The second-order valence-electron chi connectivity index (χ2n) is 11.6. The molecule has 4 rings (SSSR count). The summed E-state index contributed by atoms with van der Waals surface area (Å²) in [5.41, 5.74) is 6.12. The van der Waals surface area contributed by atoms with Crippen molar-refractivity contribution in [3.8, 4) is 22.6 Å². The molecule has 4 atom stereocenters. The monoisotopic (exact) mass is 550 g/mol. The van der Waals surface area contributed by atoms with Gasteiger partial charge in [-0.05, 0) is 99.6 Å². The Balaban J connectivity index is 1.60. The number of hydrogen-bond donors (Lipinski definition) is 1. The van der Waals surface area contributed by atoms with Gasteiger partial charge < -0.3 is 14.6 Å². The van der Waals surface area contributed by atoms with Crippen LogP contribution >= 0.6 is 18.5 Å². The summed E-state index contributed by atoms with van der Waals surface area (Å²) >= 11 is 0. The van der Waals surface area contributed by atoms with Gasteiger partial charge in [-0.25, -0.2) is 0 Å². The van der Waals surface area contributed by atoms with Crippen LogP contribution in [0.1, 0.15) is 74.7 Å². The molecule has 3 aromatic carbocycles. The van der Waals surface area contributed by atoms with Gasteiger partial charge >= 0.3 is 5.97 Å². The smallest absolute Gasteiger partial charge is 0.303 e. The van der Waals surface area contributed by atoms with Gasteiger partial charge in [0.05, 0.1) is 13.5 Å². The Morgan fingerprint density at radius 1 is 1.03 bits per heavy atom. The van der Waals surface area contributed by atoms with Crippen molar-refractivity contribution >= 4 is 29.8 Å². The summed E-state index contributed by atoms with van der Waals surface area (Å²) in [5, 5.41) is 10.5. The van der Waals surface area contributed by atoms with Crippen LogP contribution in [-0.4, -0.2) is 18.2 Å². The summed E-state index contributed by atoms with van der Waals surface area (Å²) in [6, 6.07) is 20.8. The molecule has 0 aliphatic heterocycles. The first-order chi connectivity index (χ1) is 18.0. The summed E-state index contributed by atoms with van der Waals surface area (Å²) in [6.45, 7) is 7.24. The third-order valence-corrected chi connectivity index (χ3v) is 8.27. The van der Waals surface area contributed by atoms with Crippen molar-refractivity contribution in [1.82, 2.24) is 0 Å². The SMILES string of the molecule is COc1ccc(P)c(-c2ccc(OCc3cccc(C(CC(=O)O)C4CC4)c3)cc2C(P)CC(C)(C)C)c1. The Hall–Kier alpha value is -2.41. The molecule has 0 heterocycles. The van der Waals surface area contributed by atoms with Gasteiger partial charge in [0.1, 0.15) is 18.1 Å². The average Bonchev–Trinajstić information content (AvgIpc) is 3.71. The topological polar surface area (TPSA) is 55.8 Å². The van der Waals surface area contributed by atoms with E-state index < -0.39 is 5.97 Å². The highest BCUT2D eigenvalue weighted by molar-refractivity contribution is 7.28. The molecule has 6 heteroatoms. The van der Waals surface area contributed by atoms with Crippen LogP contribution in [0.5, 0.6) is 11.5 Å². The summed E-state index contributed by atoms with van der Waals surface area (Å²) in [4.78, 5) is 11.4. The molecule has 1 fully saturated rings. The van der Waals surface area contributed by atoms with E-state index in [0.29, 0.717) is 12.5 Å². The molecule has 0 amide bonds. The molecule has 0 aromatic heterocycles. The van der Waals surface area contributed by atoms with Crippen LogP contribution in [0.3, 0.4) is 0 Å². The molecule has 4 unspecified atom stereocenters. The Morgan fingerprint density at radius 2 is 1.76 bits per heavy atom. The van der Waals surface area contributed by atoms with Crippen molar-refractivity contribution in [3.63, 3.8) is 0 Å². The molecule has 0 bridgehead atoms. The van der Waals surface area contributed by atoms with Gasteiger partial charge in [-0.3, -0.25) is 4.79 Å². The Morgan fingerprint density at radius 3 is 2.42 bits per heavy atom. The summed E-state index contributed by atoms with van der Waals surface area (Å²) in [6.07, 6.45) is 3.43. The number of carboxylic acids is 1. The summed E-state index contributed by atoms with van der Waals surface area (Å²) in [5.74, 6) is 1.49. The molecular weight excluding hydrogens is 510 g/mol. The molecule has 1 saturated carbocycles. The van der Waals surface area contributed by atoms with E-state index in [4.69, 9.17) is 9.47 Å². The number of methoxy groups -OCH3 is 1. The second-order valence-corrected chi connectivity index (χ2v) is 13.1. The van der Waals surface area contributed by atoms with Gasteiger partial charge in [0, 0.05) is 0 Å². The number of aliphatic carboxylic acids is 1. The van der Waals surface area contributed by atoms with E-state index in [-0.39, 0.29) is 23.4 Å². The van der Waals surface area contributed by atoms with Crippen LogP contribution in [-0.2, 0) is 11.4 Å². The van der Waals surface area contributed by atoms with Crippen molar-refractivity contribution in [1.29, 1.82) is 0 Å². The lowest BCUT2D eigenvalue weighted by Gasteiger charge is -2.26. The van der Waals surface area contributed by atoms with Gasteiger partial charge in [0.15, 0.2) is 0 Å². The first-order valence-electron chi connectivity index (χ1n) is 13.3. The maximum absolute atomic E-state index is 11.4. The highest BCUT2D eigenvalue weighted by Gasteiger charge is 2.33. The molecular formula is C32H40O4P2. The maximum atomic E-state index is 11.4. The molecule has 4 nitrogen and oxygen atoms in total. The molecule has 1 N–H and O–H groups in total. The van der Waals surface area contributed by atoms with Crippen LogP contribution < -0.4 is 14.8 Å². The van der Waals surface area contributed by atoms with E-state index in [1.165, 1.54) is 11.1 Å². The fourth-order valence-corrected chi connectivity index (χ4v) is 6.49. The van der Waals surface area contributed by atoms with E-state index in [1.54, 1.807) is 7.11 Å². The van der Waals surface area contributed by atoms with E-state index >= 15 is 0 Å². The number of carbonyl (C=O) groups is 1. The lowest BCUT2D eigenvalue weighted by atomic mass is 9.86. The highest BCUT2D eigenvalue weighted by Crippen LogP contribution is 2.45. The number of benzene rings is 3. The predicted molar refractivity (Wildman–Crippen MR) is 163 cm³/mol. The standard InChI is InChI=1S/C32H40O4P2/c1-32(2,3)18-30(38)28-16-24(10-12-25(28)27-15-23(35-4)11-13-29(27)37)36-19-20-6-5-7-22(14-20)26(17-31(33)34)21-8-9-21/h5-7,10-16,21,26,30H,8-9,17-19,37-38H2,1-4H3,(H,33,34). The van der Waals surface area contributed by atoms with Crippen LogP contribution in [0.4, 0.5) is 0 Å². The molecule has 1 aliphatic rings. The van der Waals surface area contributed by atoms with E-state index in [2.05, 4.69) is 81.7 Å². The number of ether oxygens (including phenoxy) is 2. The fraction of sp³-hybridized carbons (Fsp3) is 0.406. The van der Waals surface area contributed by atoms with E-state index in [0.717, 1.165) is 52.8 Å². The van der Waals surface area contributed by atoms with Crippen molar-refractivity contribution in [2.45, 2.75) is 64.6 Å². The van der Waals surface area contributed by atoms with E-state index in [1.807, 2.05) is 18.2 Å². The van der Waals surface area contributed by atoms with Gasteiger partial charge in [0.25, 0.3) is 0 Å². The van der Waals surface area contributed by atoms with Crippen molar-refractivity contribution < 1.29 is 19.4 Å². The summed E-state index contributed by atoms with van der Waals surface area (Å²) < 4.78 is 11.8. The van der Waals surface area contributed by atoms with Crippen LogP contribution in [0.2, 0.25) is 0 Å². The Bertz CT molecular complexity index is 1280. The number of carboxylic acid groups (broad SMARTS) is 1. The molecule has 0 radical (unpaired) electrons. The molecule has 0 spiro atoms. The maximum Gasteiger partial charge on any atom is 0.303 e. The van der Waals surface area contributed by atoms with Gasteiger partial charge in [0.2, 0.25) is 0 Å². The quantitative estimate of drug-likeness (QED) is 0.248. The average molecular weight is 551 g/mol. The van der Waals surface area contributed by atoms with Crippen molar-refractivity contribution in [2.24, 2.45) is 11.3 Å². The van der Waals surface area contributed by atoms with E-state index in [9.17, 15) is 9.90 Å². The number of rotatable bonds is 11. The fourth-order valence-electron chi connectivity index (χ4n) is 5.17. The molecule has 202 valence electrons. The van der Waals surface area contributed by atoms with Crippen LogP contribution in [0.25, 0.3) is 11.1 Å². The Kier molecular flexibility index (Phi) is 9.17. The Labute approximate surface area is 231 Å². The lowest BCUT2D eigenvalue weighted by Crippen LogP contribution is -2.10. The molecule has 1 aliphatic carbocycles. The van der Waals surface area contributed by atoms with Crippen LogP contribution in [0, 0.1) is 11.3 Å². The lowest BCUT2D eigenvalue weighted by molar-refractivity contribution is -0.137. The van der Waals surface area contributed by atoms with Crippen molar-refractivity contribution in [3.05, 3.63) is 77.4 Å². The molecule has 38 heavy (non-hydrogen) atoms. The zero-order valence-corrected chi connectivity index (χ0v) is 25.2. The minimum Gasteiger partial charge on any atom is -0.497 e. The van der Waals surface area contributed by atoms with Gasteiger partial charge in [-0.15, -0.1) is 18.5 Å². The van der Waals surface area contributed by atoms with Crippen molar-refractivity contribution in [2.75, 3.05) is 7.11 Å². The molecule has 0 saturated heterocycles. The molecule has 3 aromatic rings. The van der Waals surface area contributed by atoms with Gasteiger partial charge in [-0.2, -0.15) is 0 Å². The van der Waals surface area contributed by atoms with Crippen LogP contribution in [0.15, 0.2) is 60.7 Å². The second kappa shape index (κ2) is 12.2. The third kappa shape index (κ3) is 7.58. The minimum atomic E-state index is -0.733. The zero-order chi connectivity index (χ0) is 27.4. The van der Waals surface area contributed by atoms with Gasteiger partial charge in [-0.1, -0.05) is 57.2 Å². The first-order valence-corrected chi connectivity index (χ1v) is 14.6. The minimum absolute atomic E-state index is 0.0811. The normalized spacial score (nSPS) is 15.1. The third-order valence-electron chi connectivity index (χ3n) is 7.18. The number of hydrogen-bond acceptors (Lipinski definition) is 3. The highest BCUT2D eigenvalue weighted by atomic mass is 31.0. The first kappa shape index (κ1) is 28.6.